The van der Waals surface area contributed by atoms with Gasteiger partial charge in [0.1, 0.15) is 24.4 Å². The Hall–Kier alpha value is -2.54. The number of ether oxygens (including phenoxy) is 3. The molecule has 2 aliphatic heterocycles. The number of carbonyl (C=O) groups excluding carboxylic acids is 2. The highest BCUT2D eigenvalue weighted by atomic mass is 16.7. The van der Waals surface area contributed by atoms with Crippen LogP contribution in [-0.4, -0.2) is 145 Å². The smallest absolute Gasteiger partial charge is 0.333 e. The van der Waals surface area contributed by atoms with Gasteiger partial charge in [-0.2, -0.15) is 0 Å². The Morgan fingerprint density at radius 2 is 1.67 bits per heavy atom. The average Bonchev–Trinajstić information content (AvgIpc) is 3.31. The first-order valence-electron chi connectivity index (χ1n) is 15.5. The standard InChI is InChI=1S/C29H49N3O13/c1-17-26(39)28(41)27(40)21(43-17)7-6-12-31(11-5-3-4-8-24(38)45-32-22(36)9-10-23(32)37)13-14-42-29-25(30-18(2)34)20(35)15-19(16-33)44-29/h9-10,17,19-21,25-29,33,35-37,39-41H,3-8,11-16H2,1-2H3,(H,30,34). The van der Waals surface area contributed by atoms with Crippen molar-refractivity contribution in [3.05, 3.63) is 12.1 Å². The molecule has 0 bridgehead atoms. The minimum Gasteiger partial charge on any atom is -0.492 e. The molecule has 2 saturated heterocycles. The van der Waals surface area contributed by atoms with E-state index >= 15 is 0 Å². The topological polar surface area (TPSA) is 233 Å². The molecule has 0 aromatic carbocycles. The molecule has 16 heteroatoms. The molecule has 2 fully saturated rings. The summed E-state index contributed by atoms with van der Waals surface area (Å²) < 4.78 is 18.0. The van der Waals surface area contributed by atoms with E-state index in [2.05, 4.69) is 10.2 Å². The predicted molar refractivity (Wildman–Crippen MR) is 156 cm³/mol. The molecule has 9 atom stereocenters. The van der Waals surface area contributed by atoms with E-state index in [-0.39, 0.29) is 32.0 Å². The lowest BCUT2D eigenvalue weighted by atomic mass is 9.93. The Balaban J connectivity index is 1.50. The molecule has 258 valence electrons. The molecule has 8 N–H and O–H groups in total. The Morgan fingerprint density at radius 1 is 0.978 bits per heavy atom. The fraction of sp³-hybridized carbons (Fsp3) is 0.793. The molecule has 1 aromatic rings. The van der Waals surface area contributed by atoms with Crippen LogP contribution < -0.4 is 10.2 Å². The van der Waals surface area contributed by atoms with E-state index in [1.807, 2.05) is 0 Å². The number of unbranched alkanes of at least 4 members (excludes halogenated alkanes) is 2. The molecule has 3 heterocycles. The molecule has 0 spiro atoms. The van der Waals surface area contributed by atoms with Crippen LogP contribution in [0.2, 0.25) is 0 Å². The monoisotopic (exact) mass is 647 g/mol. The zero-order valence-corrected chi connectivity index (χ0v) is 25.8. The van der Waals surface area contributed by atoms with E-state index in [1.54, 1.807) is 6.92 Å². The van der Waals surface area contributed by atoms with Crippen LogP contribution >= 0.6 is 0 Å². The number of nitrogens with one attached hydrogen (secondary N) is 1. The predicted octanol–water partition coefficient (Wildman–Crippen LogP) is -1.64. The van der Waals surface area contributed by atoms with E-state index in [4.69, 9.17) is 19.0 Å². The van der Waals surface area contributed by atoms with E-state index in [0.29, 0.717) is 56.5 Å². The number of hydrogen-bond acceptors (Lipinski definition) is 14. The van der Waals surface area contributed by atoms with Gasteiger partial charge in [-0.1, -0.05) is 6.42 Å². The van der Waals surface area contributed by atoms with Crippen LogP contribution in [0.1, 0.15) is 58.8 Å². The molecule has 0 saturated carbocycles. The Labute approximate surface area is 262 Å². The minimum atomic E-state index is -1.30. The van der Waals surface area contributed by atoms with Gasteiger partial charge < -0.3 is 65.0 Å². The van der Waals surface area contributed by atoms with Gasteiger partial charge in [0.25, 0.3) is 0 Å². The van der Waals surface area contributed by atoms with Crippen molar-refractivity contribution < 1.29 is 64.4 Å². The number of aromatic nitrogens is 1. The van der Waals surface area contributed by atoms with E-state index in [0.717, 1.165) is 0 Å². The molecule has 1 aromatic heterocycles. The van der Waals surface area contributed by atoms with E-state index < -0.39 is 72.8 Å². The van der Waals surface area contributed by atoms with Crippen molar-refractivity contribution in [1.29, 1.82) is 0 Å². The fourth-order valence-electron chi connectivity index (χ4n) is 5.54. The van der Waals surface area contributed by atoms with Crippen molar-refractivity contribution in [2.45, 2.75) is 114 Å². The first-order valence-corrected chi connectivity index (χ1v) is 15.5. The molecule has 2 aliphatic rings. The molecule has 45 heavy (non-hydrogen) atoms. The number of carbonyl (C=O) groups is 2. The third-order valence-electron chi connectivity index (χ3n) is 8.06. The van der Waals surface area contributed by atoms with Crippen molar-refractivity contribution >= 4 is 11.9 Å². The number of hydrogen-bond donors (Lipinski definition) is 8. The average molecular weight is 648 g/mol. The SMILES string of the molecule is CC(=O)NC1C(O)CC(CO)OC1OCCN(CCCCCC(=O)On1c(O)ccc1O)CCCC1OC(C)C(O)C(O)C1O. The van der Waals surface area contributed by atoms with Gasteiger partial charge >= 0.3 is 5.97 Å². The normalized spacial score (nSPS) is 30.4. The second-order valence-corrected chi connectivity index (χ2v) is 11.7. The van der Waals surface area contributed by atoms with Crippen molar-refractivity contribution in [1.82, 2.24) is 14.9 Å². The first-order chi connectivity index (χ1) is 21.4. The Morgan fingerprint density at radius 3 is 2.33 bits per heavy atom. The second-order valence-electron chi connectivity index (χ2n) is 11.7. The molecular weight excluding hydrogens is 598 g/mol. The van der Waals surface area contributed by atoms with Gasteiger partial charge in [-0.3, -0.25) is 4.79 Å². The lowest BCUT2D eigenvalue weighted by Crippen LogP contribution is -2.58. The number of nitrogens with zero attached hydrogens (tertiary/aromatic N) is 2. The highest BCUT2D eigenvalue weighted by Crippen LogP contribution is 2.25. The zero-order chi connectivity index (χ0) is 33.1. The second kappa shape index (κ2) is 18.0. The third-order valence-corrected chi connectivity index (χ3v) is 8.06. The van der Waals surface area contributed by atoms with Gasteiger partial charge in [0.05, 0.1) is 37.6 Å². The third kappa shape index (κ3) is 11.0. The molecule has 16 nitrogen and oxygen atoms in total. The Bertz CT molecular complexity index is 1040. The maximum absolute atomic E-state index is 12.1. The van der Waals surface area contributed by atoms with Crippen LogP contribution in [0.3, 0.4) is 0 Å². The van der Waals surface area contributed by atoms with Crippen molar-refractivity contribution in [3.63, 3.8) is 0 Å². The van der Waals surface area contributed by atoms with Gasteiger partial charge in [-0.25, -0.2) is 4.79 Å². The van der Waals surface area contributed by atoms with Crippen LogP contribution in [0.5, 0.6) is 11.8 Å². The van der Waals surface area contributed by atoms with Gasteiger partial charge in [-0.15, -0.1) is 4.73 Å². The summed E-state index contributed by atoms with van der Waals surface area (Å²) in [7, 11) is 0. The quantitative estimate of drug-likeness (QED) is 0.0887. The molecular formula is C29H49N3O13. The van der Waals surface area contributed by atoms with Crippen molar-refractivity contribution in [3.8, 4) is 11.8 Å². The molecule has 0 radical (unpaired) electrons. The summed E-state index contributed by atoms with van der Waals surface area (Å²) in [5.41, 5.74) is 0. The molecule has 1 amide bonds. The fourth-order valence-corrected chi connectivity index (χ4v) is 5.54. The van der Waals surface area contributed by atoms with Crippen LogP contribution in [0.15, 0.2) is 12.1 Å². The van der Waals surface area contributed by atoms with Crippen LogP contribution in [0.4, 0.5) is 0 Å². The zero-order valence-electron chi connectivity index (χ0n) is 25.8. The number of aliphatic hydroxyl groups excluding tert-OH is 5. The van der Waals surface area contributed by atoms with Crippen LogP contribution in [-0.2, 0) is 23.8 Å². The summed E-state index contributed by atoms with van der Waals surface area (Å²) >= 11 is 0. The molecule has 0 aliphatic carbocycles. The number of amides is 1. The summed E-state index contributed by atoms with van der Waals surface area (Å²) in [6.07, 6.45) is -4.42. The van der Waals surface area contributed by atoms with Gasteiger partial charge in [0.15, 0.2) is 6.29 Å². The van der Waals surface area contributed by atoms with E-state index in [9.17, 15) is 45.3 Å². The van der Waals surface area contributed by atoms with Crippen LogP contribution in [0.25, 0.3) is 0 Å². The number of rotatable bonds is 17. The van der Waals surface area contributed by atoms with Gasteiger partial charge in [-0.05, 0) is 45.7 Å². The summed E-state index contributed by atoms with van der Waals surface area (Å²) in [4.78, 5) is 30.9. The summed E-state index contributed by atoms with van der Waals surface area (Å²) in [6, 6.07) is 1.59. The lowest BCUT2D eigenvalue weighted by molar-refractivity contribution is -0.237. The maximum atomic E-state index is 12.1. The summed E-state index contributed by atoms with van der Waals surface area (Å²) in [5.74, 6) is -1.76. The lowest BCUT2D eigenvalue weighted by Gasteiger charge is -2.40. The van der Waals surface area contributed by atoms with Crippen molar-refractivity contribution in [2.24, 2.45) is 0 Å². The Kier molecular flexibility index (Phi) is 14.7. The molecule has 3 rings (SSSR count). The first kappa shape index (κ1) is 36.9. The summed E-state index contributed by atoms with van der Waals surface area (Å²) in [5, 5.41) is 72.4. The van der Waals surface area contributed by atoms with Gasteiger partial charge in [0, 0.05) is 38.4 Å². The largest absolute Gasteiger partial charge is 0.492 e. The number of aliphatic hydroxyl groups is 5. The van der Waals surface area contributed by atoms with E-state index in [1.165, 1.54) is 19.1 Å². The highest BCUT2D eigenvalue weighted by molar-refractivity contribution is 5.73. The number of aromatic hydroxyl groups is 2. The molecule has 9 unspecified atom stereocenters. The maximum Gasteiger partial charge on any atom is 0.333 e. The minimum absolute atomic E-state index is 0.0708. The van der Waals surface area contributed by atoms with Crippen molar-refractivity contribution in [2.75, 3.05) is 32.8 Å². The van der Waals surface area contributed by atoms with Gasteiger partial charge in [0.2, 0.25) is 17.7 Å². The van der Waals surface area contributed by atoms with Crippen LogP contribution in [0, 0.1) is 0 Å². The summed E-state index contributed by atoms with van der Waals surface area (Å²) in [6.45, 7) is 4.45. The highest BCUT2D eigenvalue weighted by Gasteiger charge is 2.41.